The molecule has 4 aliphatic rings. The standard InChI is InChI=1S/C38H38Cl2F2N4O6S/c39-28-18-44-19-29(40)27(28)15-31(24-5-7-30(52-38(41)42)32(14-24)49-21-22-3-4-22)50-36(47)34-8-6-26(53-34)17-45-35(25-2-1-11-43-16-25)37(48)51-33-20-46-12-9-23(33)10-13-46/h1-2,5-8,11,14,16,18-19,22-23,31,33,35,38,45H,3-4,9-10,12-13,15,17,20-21H2/p+1/t31-,33-,35?/m0/s1. The van der Waals surface area contributed by atoms with E-state index < -0.39 is 24.7 Å². The van der Waals surface area contributed by atoms with Crippen molar-refractivity contribution in [2.45, 2.75) is 63.5 Å². The number of ether oxygens (including phenoxy) is 4. The van der Waals surface area contributed by atoms with Gasteiger partial charge in [-0.05, 0) is 92.1 Å². The maximum atomic E-state index is 13.7. The third-order valence-electron chi connectivity index (χ3n) is 9.82. The Bertz CT molecular complexity index is 1870. The summed E-state index contributed by atoms with van der Waals surface area (Å²) in [5.74, 6) is -0.257. The van der Waals surface area contributed by atoms with Crippen LogP contribution in [0.1, 0.15) is 69.1 Å². The van der Waals surface area contributed by atoms with Crippen LogP contribution in [0.5, 0.6) is 11.5 Å². The Morgan fingerprint density at radius 2 is 1.81 bits per heavy atom. The van der Waals surface area contributed by atoms with Crippen molar-refractivity contribution in [3.8, 4) is 11.5 Å². The van der Waals surface area contributed by atoms with Crippen molar-refractivity contribution in [1.82, 2.24) is 15.2 Å². The van der Waals surface area contributed by atoms with Crippen molar-refractivity contribution in [2.24, 2.45) is 11.8 Å². The average Bonchev–Trinajstić information content (AvgIpc) is 3.87. The van der Waals surface area contributed by atoms with Gasteiger partial charge in [-0.15, -0.1) is 11.3 Å². The number of hydrogen-bond donors (Lipinski definition) is 1. The number of H-pyrrole nitrogens is 1. The highest BCUT2D eigenvalue weighted by molar-refractivity contribution is 7.13. The number of aromatic amines is 1. The van der Waals surface area contributed by atoms with Gasteiger partial charge >= 0.3 is 18.6 Å². The molecule has 1 unspecified atom stereocenters. The highest BCUT2D eigenvalue weighted by Crippen LogP contribution is 2.38. The molecular formula is C38H39Cl2F2N4O6S+. The zero-order valence-corrected chi connectivity index (χ0v) is 31.0. The van der Waals surface area contributed by atoms with Crippen LogP contribution in [0.4, 0.5) is 8.78 Å². The van der Waals surface area contributed by atoms with Gasteiger partial charge in [0.1, 0.15) is 33.2 Å². The molecule has 8 rings (SSSR count). The molecule has 0 spiro atoms. The number of nitrogens with one attached hydrogen (secondary N) is 2. The third-order valence-corrected chi connectivity index (χ3v) is 11.6. The number of halogens is 4. The van der Waals surface area contributed by atoms with Crippen LogP contribution in [0, 0.1) is 11.8 Å². The Kier molecular flexibility index (Phi) is 12.1. The highest BCUT2D eigenvalue weighted by atomic mass is 35.5. The van der Waals surface area contributed by atoms with Gasteiger partial charge in [-0.25, -0.2) is 14.6 Å². The zero-order valence-electron chi connectivity index (χ0n) is 28.7. The molecule has 6 heterocycles. The van der Waals surface area contributed by atoms with E-state index in [0.717, 1.165) is 50.2 Å². The molecule has 4 fully saturated rings. The van der Waals surface area contributed by atoms with Crippen molar-refractivity contribution < 1.29 is 42.3 Å². The predicted molar refractivity (Wildman–Crippen MR) is 193 cm³/mol. The summed E-state index contributed by atoms with van der Waals surface area (Å²) in [6, 6.07) is 10.8. The molecular weight excluding hydrogens is 749 g/mol. The molecule has 1 saturated carbocycles. The lowest BCUT2D eigenvalue weighted by Gasteiger charge is -2.44. The van der Waals surface area contributed by atoms with E-state index in [1.54, 1.807) is 55.1 Å². The first kappa shape index (κ1) is 37.4. The second-order valence-corrected chi connectivity index (χ2v) is 15.5. The van der Waals surface area contributed by atoms with Crippen molar-refractivity contribution in [3.05, 3.63) is 104 Å². The normalized spacial score (nSPS) is 20.5. The number of pyridine rings is 2. The predicted octanol–water partition coefficient (Wildman–Crippen LogP) is 7.26. The van der Waals surface area contributed by atoms with Crippen molar-refractivity contribution in [1.29, 1.82) is 0 Å². The quantitative estimate of drug-likeness (QED) is 0.117. The second kappa shape index (κ2) is 17.1. The van der Waals surface area contributed by atoms with Crippen LogP contribution in [-0.4, -0.2) is 60.8 Å². The molecule has 3 saturated heterocycles. The molecule has 1 aromatic carbocycles. The van der Waals surface area contributed by atoms with Gasteiger partial charge in [0.25, 0.3) is 0 Å². The fourth-order valence-corrected chi connectivity index (χ4v) is 8.10. The van der Waals surface area contributed by atoms with E-state index in [9.17, 15) is 18.4 Å². The van der Waals surface area contributed by atoms with Crippen molar-refractivity contribution >= 4 is 46.5 Å². The molecule has 2 N–H and O–H groups in total. The third kappa shape index (κ3) is 9.63. The number of esters is 2. The smallest absolute Gasteiger partial charge is 0.387 e. The van der Waals surface area contributed by atoms with E-state index in [1.165, 1.54) is 17.4 Å². The van der Waals surface area contributed by atoms with E-state index in [2.05, 4.69) is 20.2 Å². The lowest BCUT2D eigenvalue weighted by atomic mass is 9.86. The van der Waals surface area contributed by atoms with E-state index in [-0.39, 0.29) is 36.5 Å². The molecule has 2 bridgehead atoms. The molecule has 15 heteroatoms. The number of benzene rings is 1. The first-order valence-corrected chi connectivity index (χ1v) is 19.2. The van der Waals surface area contributed by atoms with Crippen LogP contribution in [0.2, 0.25) is 10.0 Å². The molecule has 1 aliphatic carbocycles. The number of piperidine rings is 3. The van der Waals surface area contributed by atoms with E-state index in [0.29, 0.717) is 50.1 Å². The summed E-state index contributed by atoms with van der Waals surface area (Å²) in [6.45, 7) is 0.404. The lowest BCUT2D eigenvalue weighted by Crippen LogP contribution is -2.52. The number of aromatic nitrogens is 2. The molecule has 3 aromatic heterocycles. The number of carbonyl (C=O) groups is 2. The van der Waals surface area contributed by atoms with E-state index >= 15 is 0 Å². The number of rotatable bonds is 16. The number of alkyl halides is 2. The summed E-state index contributed by atoms with van der Waals surface area (Å²) in [6.07, 6.45) is 9.48. The first-order chi connectivity index (χ1) is 25.7. The lowest BCUT2D eigenvalue weighted by molar-refractivity contribution is -0.377. The molecule has 0 radical (unpaired) electrons. The average molecular weight is 789 g/mol. The Morgan fingerprint density at radius 3 is 2.49 bits per heavy atom. The van der Waals surface area contributed by atoms with Gasteiger partial charge in [0.05, 0.1) is 6.61 Å². The van der Waals surface area contributed by atoms with Crippen molar-refractivity contribution in [3.63, 3.8) is 0 Å². The van der Waals surface area contributed by atoms with Crippen LogP contribution < -0.4 is 19.8 Å². The minimum Gasteiger partial charge on any atom is -0.489 e. The fraction of sp³-hybridized carbons (Fsp3) is 0.421. The van der Waals surface area contributed by atoms with Gasteiger partial charge in [0, 0.05) is 42.3 Å². The zero-order chi connectivity index (χ0) is 36.9. The topological polar surface area (TPSA) is 113 Å². The Balaban J connectivity index is 1.07. The number of nitrogens with zero attached hydrogens (tertiary/aromatic N) is 2. The molecule has 4 aromatic rings. The van der Waals surface area contributed by atoms with Crippen molar-refractivity contribution in [2.75, 3.05) is 26.2 Å². The first-order valence-electron chi connectivity index (χ1n) is 17.6. The molecule has 53 heavy (non-hydrogen) atoms. The van der Waals surface area contributed by atoms with Crippen LogP contribution in [0.25, 0.3) is 0 Å². The van der Waals surface area contributed by atoms with Crippen LogP contribution in [-0.2, 0) is 27.2 Å². The summed E-state index contributed by atoms with van der Waals surface area (Å²) in [5, 5.41) is 3.99. The van der Waals surface area contributed by atoms with Gasteiger partial charge in [0.15, 0.2) is 23.9 Å². The Morgan fingerprint density at radius 1 is 1.02 bits per heavy atom. The van der Waals surface area contributed by atoms with Gasteiger partial charge < -0.3 is 18.9 Å². The van der Waals surface area contributed by atoms with Crippen LogP contribution >= 0.6 is 34.5 Å². The SMILES string of the molecule is O=C(O[C@@H](Cc1c(Cl)c[nH+]cc1Cl)c1ccc(OC(F)F)c(OCC2CC2)c1)c1ccc(CNC(C(=O)O[C@H]2CN3CCC2CC3)c2cccnc2)s1. The van der Waals surface area contributed by atoms with Gasteiger partial charge in [0.2, 0.25) is 0 Å². The summed E-state index contributed by atoms with van der Waals surface area (Å²) in [4.78, 5) is 37.8. The molecule has 0 amide bonds. The number of hydrogen-bond acceptors (Lipinski definition) is 10. The second-order valence-electron chi connectivity index (χ2n) is 13.5. The molecule has 10 nitrogen and oxygen atoms in total. The van der Waals surface area contributed by atoms with Gasteiger partial charge in [-0.3, -0.25) is 15.2 Å². The van der Waals surface area contributed by atoms with E-state index in [4.69, 9.17) is 42.1 Å². The monoisotopic (exact) mass is 787 g/mol. The Hall–Kier alpha value is -3.88. The maximum Gasteiger partial charge on any atom is 0.387 e. The largest absolute Gasteiger partial charge is 0.489 e. The molecule has 3 aliphatic heterocycles. The van der Waals surface area contributed by atoms with Gasteiger partial charge in [-0.1, -0.05) is 35.3 Å². The van der Waals surface area contributed by atoms with Crippen LogP contribution in [0.15, 0.2) is 67.3 Å². The fourth-order valence-electron chi connectivity index (χ4n) is 6.73. The Labute approximate surface area is 319 Å². The summed E-state index contributed by atoms with van der Waals surface area (Å²) < 4.78 is 49.3. The molecule has 3 atom stereocenters. The van der Waals surface area contributed by atoms with Crippen LogP contribution in [0.3, 0.4) is 0 Å². The molecule has 280 valence electrons. The summed E-state index contributed by atoms with van der Waals surface area (Å²) >= 11 is 14.2. The minimum atomic E-state index is -3.05. The number of fused-ring (bicyclic) bond motifs is 3. The highest BCUT2D eigenvalue weighted by Gasteiger charge is 2.38. The number of carbonyl (C=O) groups excluding carboxylic acids is 2. The minimum absolute atomic E-state index is 0.0868. The van der Waals surface area contributed by atoms with E-state index in [1.807, 2.05) is 6.07 Å². The summed E-state index contributed by atoms with van der Waals surface area (Å²) in [7, 11) is 0. The summed E-state index contributed by atoms with van der Waals surface area (Å²) in [5.41, 5.74) is 1.69. The maximum absolute atomic E-state index is 13.7. The van der Waals surface area contributed by atoms with Gasteiger partial charge in [-0.2, -0.15) is 8.78 Å². The number of thiophene rings is 1.